The summed E-state index contributed by atoms with van der Waals surface area (Å²) in [6, 6.07) is 6.12. The number of anilines is 1. The van der Waals surface area contributed by atoms with E-state index in [2.05, 4.69) is 5.32 Å². The average Bonchev–Trinajstić information content (AvgIpc) is 2.90. The van der Waals surface area contributed by atoms with Gasteiger partial charge in [0, 0.05) is 17.1 Å². The number of carbonyl (C=O) groups excluding carboxylic acids is 2. The SMILES string of the molecule is O=C1O[C@@H]2C[C@@H]1N(C(=O)Nc1ccc(Cl)cc1)C2. The third-order valence-electron chi connectivity index (χ3n) is 3.17. The van der Waals surface area contributed by atoms with Crippen LogP contribution in [0.25, 0.3) is 0 Å². The van der Waals surface area contributed by atoms with E-state index in [0.29, 0.717) is 23.7 Å². The Balaban J connectivity index is 1.69. The third-order valence-corrected chi connectivity index (χ3v) is 3.43. The highest BCUT2D eigenvalue weighted by Gasteiger charge is 2.48. The Hall–Kier alpha value is -1.75. The van der Waals surface area contributed by atoms with E-state index in [9.17, 15) is 9.59 Å². The maximum absolute atomic E-state index is 12.0. The van der Waals surface area contributed by atoms with E-state index >= 15 is 0 Å². The Labute approximate surface area is 109 Å². The number of morpholine rings is 1. The first-order chi connectivity index (χ1) is 8.63. The molecule has 94 valence electrons. The minimum absolute atomic E-state index is 0.140. The Morgan fingerprint density at radius 1 is 1.39 bits per heavy atom. The molecule has 3 rings (SSSR count). The first-order valence-corrected chi connectivity index (χ1v) is 6.05. The Morgan fingerprint density at radius 2 is 2.11 bits per heavy atom. The second-order valence-corrected chi connectivity index (χ2v) is 4.84. The number of hydrogen-bond acceptors (Lipinski definition) is 3. The smallest absolute Gasteiger partial charge is 0.329 e. The molecule has 0 unspecified atom stereocenters. The zero-order valence-electron chi connectivity index (χ0n) is 9.43. The van der Waals surface area contributed by atoms with Crippen molar-refractivity contribution < 1.29 is 14.3 Å². The number of urea groups is 1. The topological polar surface area (TPSA) is 58.6 Å². The molecule has 1 N–H and O–H groups in total. The van der Waals surface area contributed by atoms with Gasteiger partial charge in [-0.25, -0.2) is 9.59 Å². The number of likely N-dealkylation sites (tertiary alicyclic amines) is 1. The van der Waals surface area contributed by atoms with Gasteiger partial charge < -0.3 is 15.0 Å². The van der Waals surface area contributed by atoms with Crippen molar-refractivity contribution in [1.29, 1.82) is 0 Å². The number of hydrogen-bond donors (Lipinski definition) is 1. The quantitative estimate of drug-likeness (QED) is 0.790. The number of nitrogens with zero attached hydrogens (tertiary/aromatic N) is 1. The fourth-order valence-corrected chi connectivity index (χ4v) is 2.43. The predicted octanol–water partition coefficient (Wildman–Crippen LogP) is 1.87. The number of halogens is 1. The van der Waals surface area contributed by atoms with Gasteiger partial charge in [-0.1, -0.05) is 11.6 Å². The molecule has 2 heterocycles. The fraction of sp³-hybridized carbons (Fsp3) is 0.333. The van der Waals surface area contributed by atoms with Crippen LogP contribution in [0.2, 0.25) is 5.02 Å². The molecule has 0 aromatic heterocycles. The Kier molecular flexibility index (Phi) is 2.63. The van der Waals surface area contributed by atoms with Crippen molar-refractivity contribution in [2.45, 2.75) is 18.6 Å². The summed E-state index contributed by atoms with van der Waals surface area (Å²) in [4.78, 5) is 24.9. The molecule has 2 saturated heterocycles. The van der Waals surface area contributed by atoms with Gasteiger partial charge in [0.05, 0.1) is 6.54 Å². The molecular formula is C12H11ClN2O3. The van der Waals surface area contributed by atoms with Crippen LogP contribution in [0.5, 0.6) is 0 Å². The van der Waals surface area contributed by atoms with E-state index in [1.807, 2.05) is 0 Å². The number of fused-ring (bicyclic) bond motifs is 2. The first kappa shape index (κ1) is 11.3. The summed E-state index contributed by atoms with van der Waals surface area (Å²) < 4.78 is 5.03. The number of carbonyl (C=O) groups is 2. The molecule has 2 aliphatic rings. The van der Waals surface area contributed by atoms with Crippen molar-refractivity contribution in [2.24, 2.45) is 0 Å². The van der Waals surface area contributed by atoms with Gasteiger partial charge in [-0.3, -0.25) is 0 Å². The summed E-state index contributed by atoms with van der Waals surface area (Å²) in [5, 5.41) is 3.35. The molecule has 5 nitrogen and oxygen atoms in total. The number of nitrogens with one attached hydrogen (secondary N) is 1. The van der Waals surface area contributed by atoms with E-state index in [-0.39, 0.29) is 18.1 Å². The Morgan fingerprint density at radius 3 is 2.72 bits per heavy atom. The van der Waals surface area contributed by atoms with Gasteiger partial charge in [0.25, 0.3) is 0 Å². The highest BCUT2D eigenvalue weighted by Crippen LogP contribution is 2.29. The van der Waals surface area contributed by atoms with Gasteiger partial charge in [-0.05, 0) is 24.3 Å². The summed E-state index contributed by atoms with van der Waals surface area (Å²) in [6.45, 7) is 0.468. The third kappa shape index (κ3) is 1.90. The summed E-state index contributed by atoms with van der Waals surface area (Å²) in [6.07, 6.45) is 0.464. The lowest BCUT2D eigenvalue weighted by Crippen LogP contribution is -2.46. The van der Waals surface area contributed by atoms with Crippen molar-refractivity contribution in [2.75, 3.05) is 11.9 Å². The van der Waals surface area contributed by atoms with Crippen LogP contribution in [0.3, 0.4) is 0 Å². The molecule has 18 heavy (non-hydrogen) atoms. The molecule has 6 heteroatoms. The van der Waals surface area contributed by atoms with Crippen molar-refractivity contribution in [3.63, 3.8) is 0 Å². The summed E-state index contributed by atoms with van der Waals surface area (Å²) in [7, 11) is 0. The standard InChI is InChI=1S/C12H11ClN2O3/c13-7-1-3-8(4-2-7)14-12(17)15-6-9-5-10(15)11(16)18-9/h1-4,9-10H,5-6H2,(H,14,17)/t9-,10+/m1/s1. The molecule has 0 aliphatic carbocycles. The van der Waals surface area contributed by atoms with Crippen molar-refractivity contribution in [1.82, 2.24) is 4.90 Å². The number of benzene rings is 1. The largest absolute Gasteiger partial charge is 0.459 e. The monoisotopic (exact) mass is 266 g/mol. The first-order valence-electron chi connectivity index (χ1n) is 5.67. The zero-order valence-corrected chi connectivity index (χ0v) is 10.2. The van der Waals surface area contributed by atoms with Crippen LogP contribution in [0.1, 0.15) is 6.42 Å². The second-order valence-electron chi connectivity index (χ2n) is 4.40. The second kappa shape index (κ2) is 4.17. The summed E-state index contributed by atoms with van der Waals surface area (Å²) >= 11 is 5.76. The molecule has 2 aliphatic heterocycles. The molecule has 1 aromatic carbocycles. The van der Waals surface area contributed by atoms with E-state index < -0.39 is 6.04 Å². The maximum Gasteiger partial charge on any atom is 0.329 e. The maximum atomic E-state index is 12.0. The van der Waals surface area contributed by atoms with Gasteiger partial charge in [0.15, 0.2) is 0 Å². The minimum atomic E-state index is -0.428. The molecule has 2 bridgehead atoms. The highest BCUT2D eigenvalue weighted by atomic mass is 35.5. The predicted molar refractivity (Wildman–Crippen MR) is 65.5 cm³/mol. The molecule has 2 fully saturated rings. The van der Waals surface area contributed by atoms with Crippen LogP contribution in [0.15, 0.2) is 24.3 Å². The Bertz CT molecular complexity index is 503. The van der Waals surface area contributed by atoms with Crippen LogP contribution in [-0.4, -0.2) is 35.6 Å². The van der Waals surface area contributed by atoms with Crippen LogP contribution in [0, 0.1) is 0 Å². The highest BCUT2D eigenvalue weighted by molar-refractivity contribution is 6.30. The van der Waals surface area contributed by atoms with Crippen molar-refractivity contribution in [3.8, 4) is 0 Å². The number of esters is 1. The summed E-state index contributed by atoms with van der Waals surface area (Å²) in [5.41, 5.74) is 0.653. The average molecular weight is 267 g/mol. The minimum Gasteiger partial charge on any atom is -0.459 e. The molecule has 1 aromatic rings. The van der Waals surface area contributed by atoms with Gasteiger partial charge in [-0.2, -0.15) is 0 Å². The number of rotatable bonds is 1. The summed E-state index contributed by atoms with van der Waals surface area (Å²) in [5.74, 6) is -0.308. The van der Waals surface area contributed by atoms with Gasteiger partial charge in [-0.15, -0.1) is 0 Å². The normalized spacial score (nSPS) is 25.2. The van der Waals surface area contributed by atoms with E-state index in [4.69, 9.17) is 16.3 Å². The molecule has 0 radical (unpaired) electrons. The molecule has 0 saturated carbocycles. The lowest BCUT2D eigenvalue weighted by atomic mass is 10.2. The van der Waals surface area contributed by atoms with E-state index in [1.165, 1.54) is 4.90 Å². The van der Waals surface area contributed by atoms with Gasteiger partial charge >= 0.3 is 12.0 Å². The van der Waals surface area contributed by atoms with Crippen LogP contribution >= 0.6 is 11.6 Å². The zero-order chi connectivity index (χ0) is 12.7. The van der Waals surface area contributed by atoms with Crippen molar-refractivity contribution in [3.05, 3.63) is 29.3 Å². The lowest BCUT2D eigenvalue weighted by Gasteiger charge is -2.25. The lowest BCUT2D eigenvalue weighted by molar-refractivity contribution is -0.149. The van der Waals surface area contributed by atoms with Crippen LogP contribution < -0.4 is 5.32 Å². The van der Waals surface area contributed by atoms with E-state index in [0.717, 1.165) is 0 Å². The van der Waals surface area contributed by atoms with Gasteiger partial charge in [0.2, 0.25) is 0 Å². The molecule has 2 amide bonds. The molecular weight excluding hydrogens is 256 g/mol. The fourth-order valence-electron chi connectivity index (χ4n) is 2.30. The van der Waals surface area contributed by atoms with Crippen LogP contribution in [0.4, 0.5) is 10.5 Å². The van der Waals surface area contributed by atoms with E-state index in [1.54, 1.807) is 24.3 Å². The molecule has 0 spiro atoms. The van der Waals surface area contributed by atoms with Gasteiger partial charge in [0.1, 0.15) is 12.1 Å². The molecule has 2 atom stereocenters. The number of amides is 2. The van der Waals surface area contributed by atoms with Crippen LogP contribution in [-0.2, 0) is 9.53 Å². The van der Waals surface area contributed by atoms with Crippen molar-refractivity contribution >= 4 is 29.3 Å². The number of ether oxygens (including phenoxy) is 1.